The van der Waals surface area contributed by atoms with Gasteiger partial charge in [0, 0.05) is 0 Å². The van der Waals surface area contributed by atoms with Crippen molar-refractivity contribution in [2.45, 2.75) is 24.3 Å². The monoisotopic (exact) mass is 258 g/mol. The molecule has 2 N–H and O–H groups in total. The molecule has 1 aromatic carbocycles. The first-order valence-electron chi connectivity index (χ1n) is 5.00. The number of aliphatic hydroxyl groups excluding tert-OH is 1. The van der Waals surface area contributed by atoms with Crippen molar-refractivity contribution in [2.24, 2.45) is 0 Å². The molecule has 94 valence electrons. The maximum absolute atomic E-state index is 11.8. The van der Waals surface area contributed by atoms with Crippen molar-refractivity contribution in [3.63, 3.8) is 0 Å². The molecule has 17 heavy (non-hydrogen) atoms. The smallest absolute Gasteiger partial charge is 0.306 e. The molecule has 0 saturated carbocycles. The van der Waals surface area contributed by atoms with Gasteiger partial charge in [0.2, 0.25) is 0 Å². The van der Waals surface area contributed by atoms with E-state index < -0.39 is 34.1 Å². The van der Waals surface area contributed by atoms with Crippen LogP contribution in [0, 0.1) is 6.92 Å². The molecule has 1 rings (SSSR count). The van der Waals surface area contributed by atoms with Crippen LogP contribution in [0.2, 0.25) is 0 Å². The highest BCUT2D eigenvalue weighted by Crippen LogP contribution is 2.14. The molecule has 0 saturated heterocycles. The lowest BCUT2D eigenvalue weighted by Crippen LogP contribution is -2.23. The average molecular weight is 258 g/mol. The van der Waals surface area contributed by atoms with Crippen LogP contribution in [0.1, 0.15) is 12.0 Å². The van der Waals surface area contributed by atoms with E-state index in [9.17, 15) is 18.3 Å². The molecule has 0 bridgehead atoms. The van der Waals surface area contributed by atoms with Gasteiger partial charge in [-0.2, -0.15) is 0 Å². The largest absolute Gasteiger partial charge is 0.481 e. The zero-order chi connectivity index (χ0) is 13.1. The quantitative estimate of drug-likeness (QED) is 0.807. The number of aliphatic carboxylic acids is 1. The van der Waals surface area contributed by atoms with Gasteiger partial charge in [-0.05, 0) is 24.6 Å². The second kappa shape index (κ2) is 5.29. The summed E-state index contributed by atoms with van der Waals surface area (Å²) in [6, 6.07) is 6.27. The number of sulfone groups is 1. The molecule has 5 nitrogen and oxygen atoms in total. The second-order valence-electron chi connectivity index (χ2n) is 3.85. The predicted octanol–water partition coefficient (Wildman–Crippen LogP) is 0.604. The van der Waals surface area contributed by atoms with Crippen molar-refractivity contribution in [2.75, 3.05) is 5.75 Å². The topological polar surface area (TPSA) is 91.7 Å². The van der Waals surface area contributed by atoms with Crippen molar-refractivity contribution in [3.8, 4) is 0 Å². The van der Waals surface area contributed by atoms with Crippen LogP contribution in [0.4, 0.5) is 0 Å². The summed E-state index contributed by atoms with van der Waals surface area (Å²) in [6.07, 6.45) is -1.97. The van der Waals surface area contributed by atoms with Crippen molar-refractivity contribution in [3.05, 3.63) is 29.8 Å². The van der Waals surface area contributed by atoms with Gasteiger partial charge in [-0.25, -0.2) is 8.42 Å². The number of aliphatic hydroxyl groups is 1. The molecule has 0 radical (unpaired) electrons. The molecule has 6 heteroatoms. The second-order valence-corrected chi connectivity index (χ2v) is 5.88. The van der Waals surface area contributed by atoms with E-state index in [1.54, 1.807) is 19.1 Å². The molecular weight excluding hydrogens is 244 g/mol. The highest BCUT2D eigenvalue weighted by Gasteiger charge is 2.21. The van der Waals surface area contributed by atoms with E-state index in [0.717, 1.165) is 5.56 Å². The molecule has 1 aromatic rings. The van der Waals surface area contributed by atoms with Crippen molar-refractivity contribution in [1.82, 2.24) is 0 Å². The van der Waals surface area contributed by atoms with Crippen LogP contribution in [0.5, 0.6) is 0 Å². The number of carboxylic acid groups (broad SMARTS) is 1. The fraction of sp³-hybridized carbons (Fsp3) is 0.364. The normalized spacial score (nSPS) is 13.3. The third kappa shape index (κ3) is 4.16. The zero-order valence-corrected chi connectivity index (χ0v) is 10.1. The Morgan fingerprint density at radius 2 is 2.06 bits per heavy atom. The zero-order valence-electron chi connectivity index (χ0n) is 9.33. The van der Waals surface area contributed by atoms with Crippen molar-refractivity contribution in [1.29, 1.82) is 0 Å². The Hall–Kier alpha value is -1.40. The lowest BCUT2D eigenvalue weighted by atomic mass is 10.2. The van der Waals surface area contributed by atoms with Gasteiger partial charge in [-0.15, -0.1) is 0 Å². The lowest BCUT2D eigenvalue weighted by molar-refractivity contribution is -0.138. The number of rotatable bonds is 5. The van der Waals surface area contributed by atoms with Crippen LogP contribution < -0.4 is 0 Å². The number of aryl methyl sites for hydroxylation is 1. The summed E-state index contributed by atoms with van der Waals surface area (Å²) in [6.45, 7) is 1.76. The summed E-state index contributed by atoms with van der Waals surface area (Å²) < 4.78 is 23.6. The Balaban J connectivity index is 2.86. The number of carbonyl (C=O) groups is 1. The van der Waals surface area contributed by atoms with E-state index in [1.165, 1.54) is 12.1 Å². The highest BCUT2D eigenvalue weighted by atomic mass is 32.2. The molecule has 0 fully saturated rings. The molecule has 0 aromatic heterocycles. The van der Waals surface area contributed by atoms with Gasteiger partial charge in [-0.3, -0.25) is 4.79 Å². The summed E-state index contributed by atoms with van der Waals surface area (Å²) >= 11 is 0. The molecule has 0 amide bonds. The van der Waals surface area contributed by atoms with Crippen LogP contribution in [-0.4, -0.2) is 36.5 Å². The minimum absolute atomic E-state index is 0.0990. The van der Waals surface area contributed by atoms with Gasteiger partial charge in [0.05, 0.1) is 23.2 Å². The number of benzene rings is 1. The van der Waals surface area contributed by atoms with Crippen LogP contribution in [0.15, 0.2) is 29.2 Å². The van der Waals surface area contributed by atoms with E-state index in [2.05, 4.69) is 0 Å². The van der Waals surface area contributed by atoms with Gasteiger partial charge >= 0.3 is 5.97 Å². The minimum Gasteiger partial charge on any atom is -0.481 e. The summed E-state index contributed by atoms with van der Waals surface area (Å²) in [5.41, 5.74) is 0.791. The summed E-state index contributed by atoms with van der Waals surface area (Å²) in [7, 11) is -3.64. The van der Waals surface area contributed by atoms with Gasteiger partial charge in [0.15, 0.2) is 9.84 Å². The number of hydrogen-bond acceptors (Lipinski definition) is 4. The highest BCUT2D eigenvalue weighted by molar-refractivity contribution is 7.91. The SMILES string of the molecule is Cc1cccc(S(=O)(=O)CC(O)CC(=O)O)c1. The molecular formula is C11H14O5S. The maximum atomic E-state index is 11.8. The van der Waals surface area contributed by atoms with Gasteiger partial charge in [-0.1, -0.05) is 12.1 Å². The van der Waals surface area contributed by atoms with Crippen LogP contribution in [-0.2, 0) is 14.6 Å². The summed E-state index contributed by atoms with van der Waals surface area (Å²) in [4.78, 5) is 10.4. The van der Waals surface area contributed by atoms with E-state index in [-0.39, 0.29) is 4.90 Å². The minimum atomic E-state index is -3.64. The fourth-order valence-electron chi connectivity index (χ4n) is 1.42. The van der Waals surface area contributed by atoms with Gasteiger partial charge in [0.1, 0.15) is 0 Å². The Morgan fingerprint density at radius 3 is 2.59 bits per heavy atom. The van der Waals surface area contributed by atoms with E-state index in [0.29, 0.717) is 0 Å². The molecule has 0 spiro atoms. The molecule has 0 heterocycles. The average Bonchev–Trinajstić information content (AvgIpc) is 2.15. The first-order valence-corrected chi connectivity index (χ1v) is 6.66. The predicted molar refractivity (Wildman–Crippen MR) is 61.5 cm³/mol. The van der Waals surface area contributed by atoms with Crippen LogP contribution >= 0.6 is 0 Å². The third-order valence-corrected chi connectivity index (χ3v) is 3.97. The van der Waals surface area contributed by atoms with Crippen LogP contribution in [0.25, 0.3) is 0 Å². The first kappa shape index (κ1) is 13.7. The molecule has 0 aliphatic heterocycles. The Bertz CT molecular complexity index is 506. The van der Waals surface area contributed by atoms with Gasteiger partial charge in [0.25, 0.3) is 0 Å². The first-order chi connectivity index (χ1) is 7.81. The van der Waals surface area contributed by atoms with E-state index in [4.69, 9.17) is 5.11 Å². The van der Waals surface area contributed by atoms with E-state index >= 15 is 0 Å². The third-order valence-electron chi connectivity index (χ3n) is 2.17. The standard InChI is InChI=1S/C11H14O5S/c1-8-3-2-4-10(5-8)17(15,16)7-9(12)6-11(13)14/h2-5,9,12H,6-7H2,1H3,(H,13,14). The molecule has 1 atom stereocenters. The lowest BCUT2D eigenvalue weighted by Gasteiger charge is -2.09. The number of hydrogen-bond donors (Lipinski definition) is 2. The Kier molecular flexibility index (Phi) is 4.25. The Labute approximate surface area is 99.6 Å². The number of carboxylic acids is 1. The summed E-state index contributed by atoms with van der Waals surface area (Å²) in [5, 5.41) is 17.8. The maximum Gasteiger partial charge on any atom is 0.306 e. The fourth-order valence-corrected chi connectivity index (χ4v) is 2.89. The Morgan fingerprint density at radius 1 is 1.41 bits per heavy atom. The van der Waals surface area contributed by atoms with E-state index in [1.807, 2.05) is 0 Å². The van der Waals surface area contributed by atoms with Gasteiger partial charge < -0.3 is 10.2 Å². The summed E-state index contributed by atoms with van der Waals surface area (Å²) in [5.74, 6) is -1.81. The molecule has 0 aliphatic carbocycles. The van der Waals surface area contributed by atoms with Crippen molar-refractivity contribution >= 4 is 15.8 Å². The molecule has 1 unspecified atom stereocenters. The van der Waals surface area contributed by atoms with Crippen LogP contribution in [0.3, 0.4) is 0 Å². The molecule has 0 aliphatic rings. The van der Waals surface area contributed by atoms with Crippen molar-refractivity contribution < 1.29 is 23.4 Å².